The lowest BCUT2D eigenvalue weighted by Crippen LogP contribution is -2.01. The smallest absolute Gasteiger partial charge is 0.331 e. The van der Waals surface area contributed by atoms with Gasteiger partial charge in [-0.1, -0.05) is 54.1 Å². The van der Waals surface area contributed by atoms with Crippen LogP contribution in [0.25, 0.3) is 5.57 Å². The summed E-state index contributed by atoms with van der Waals surface area (Å²) in [7, 11) is 0. The topological polar surface area (TPSA) is 26.3 Å². The molecule has 20 heavy (non-hydrogen) atoms. The van der Waals surface area contributed by atoms with Gasteiger partial charge in [-0.25, -0.2) is 4.79 Å². The first kappa shape index (κ1) is 14.4. The molecule has 2 rings (SSSR count). The standard InChI is InChI=1S/C17H15ClO2/c1-2-20-17(19)12-16(13-6-4-3-5-7-13)14-8-10-15(18)11-9-14/h3-12H,2H2,1H3/b16-12+. The first-order chi connectivity index (χ1) is 9.70. The molecule has 0 amide bonds. The van der Waals surface area contributed by atoms with Crippen LogP contribution < -0.4 is 0 Å². The van der Waals surface area contributed by atoms with Crippen LogP contribution in [-0.4, -0.2) is 12.6 Å². The van der Waals surface area contributed by atoms with E-state index in [0.29, 0.717) is 11.6 Å². The molecule has 0 saturated carbocycles. The molecule has 102 valence electrons. The number of carbonyl (C=O) groups is 1. The summed E-state index contributed by atoms with van der Waals surface area (Å²) in [5, 5.41) is 0.664. The van der Waals surface area contributed by atoms with Gasteiger partial charge in [-0.2, -0.15) is 0 Å². The van der Waals surface area contributed by atoms with Gasteiger partial charge in [0.05, 0.1) is 6.61 Å². The fourth-order valence-electron chi connectivity index (χ4n) is 1.88. The van der Waals surface area contributed by atoms with Gasteiger partial charge in [0.2, 0.25) is 0 Å². The van der Waals surface area contributed by atoms with Crippen molar-refractivity contribution in [2.45, 2.75) is 6.92 Å². The Balaban J connectivity index is 2.44. The molecule has 0 aliphatic carbocycles. The molecular weight excluding hydrogens is 272 g/mol. The van der Waals surface area contributed by atoms with Crippen LogP contribution in [0.4, 0.5) is 0 Å². The molecule has 2 aromatic rings. The maximum Gasteiger partial charge on any atom is 0.331 e. The monoisotopic (exact) mass is 286 g/mol. The number of hydrogen-bond acceptors (Lipinski definition) is 2. The van der Waals surface area contributed by atoms with Gasteiger partial charge in [0.1, 0.15) is 0 Å². The highest BCUT2D eigenvalue weighted by molar-refractivity contribution is 6.30. The van der Waals surface area contributed by atoms with Crippen molar-refractivity contribution < 1.29 is 9.53 Å². The molecule has 0 heterocycles. The second-order valence-corrected chi connectivity index (χ2v) is 4.62. The second-order valence-electron chi connectivity index (χ2n) is 4.18. The maximum atomic E-state index is 11.7. The summed E-state index contributed by atoms with van der Waals surface area (Å²) < 4.78 is 5.00. The minimum Gasteiger partial charge on any atom is -0.463 e. The van der Waals surface area contributed by atoms with Crippen molar-refractivity contribution in [2.24, 2.45) is 0 Å². The first-order valence-corrected chi connectivity index (χ1v) is 6.78. The van der Waals surface area contributed by atoms with E-state index in [1.54, 1.807) is 19.1 Å². The van der Waals surface area contributed by atoms with Crippen LogP contribution in [-0.2, 0) is 9.53 Å². The molecule has 0 aliphatic rings. The van der Waals surface area contributed by atoms with Crippen molar-refractivity contribution in [2.75, 3.05) is 6.61 Å². The third-order valence-electron chi connectivity index (χ3n) is 2.79. The SMILES string of the molecule is CCOC(=O)/C=C(\c1ccccc1)c1ccc(Cl)cc1. The highest BCUT2D eigenvalue weighted by Gasteiger charge is 2.08. The summed E-state index contributed by atoms with van der Waals surface area (Å²) in [6.07, 6.45) is 1.52. The summed E-state index contributed by atoms with van der Waals surface area (Å²) in [5.74, 6) is -0.346. The predicted molar refractivity (Wildman–Crippen MR) is 81.6 cm³/mol. The Bertz CT molecular complexity index is 601. The second kappa shape index (κ2) is 6.92. The number of hydrogen-bond donors (Lipinski definition) is 0. The Morgan fingerprint density at radius 3 is 2.25 bits per heavy atom. The largest absolute Gasteiger partial charge is 0.463 e. The summed E-state index contributed by atoms with van der Waals surface area (Å²) in [6, 6.07) is 17.1. The minimum absolute atomic E-state index is 0.346. The molecule has 2 aromatic carbocycles. The molecule has 0 atom stereocenters. The average molecular weight is 287 g/mol. The lowest BCUT2D eigenvalue weighted by atomic mass is 9.98. The Labute approximate surface area is 123 Å². The van der Waals surface area contributed by atoms with Gasteiger partial charge in [0, 0.05) is 11.1 Å². The first-order valence-electron chi connectivity index (χ1n) is 6.40. The fourth-order valence-corrected chi connectivity index (χ4v) is 2.01. The zero-order chi connectivity index (χ0) is 14.4. The number of esters is 1. The minimum atomic E-state index is -0.346. The highest BCUT2D eigenvalue weighted by atomic mass is 35.5. The molecular formula is C17H15ClO2. The number of carbonyl (C=O) groups excluding carboxylic acids is 1. The Morgan fingerprint density at radius 1 is 1.05 bits per heavy atom. The van der Waals surface area contributed by atoms with Crippen LogP contribution in [0.5, 0.6) is 0 Å². The lowest BCUT2D eigenvalue weighted by molar-refractivity contribution is -0.137. The molecule has 3 heteroatoms. The number of rotatable bonds is 4. The molecule has 2 nitrogen and oxygen atoms in total. The fraction of sp³-hybridized carbons (Fsp3) is 0.118. The molecule has 0 radical (unpaired) electrons. The van der Waals surface area contributed by atoms with E-state index in [-0.39, 0.29) is 5.97 Å². The Kier molecular flexibility index (Phi) is 4.97. The van der Waals surface area contributed by atoms with Crippen LogP contribution in [0.2, 0.25) is 5.02 Å². The Hall–Kier alpha value is -2.06. The number of ether oxygens (including phenoxy) is 1. The van der Waals surface area contributed by atoms with Gasteiger partial charge in [0.15, 0.2) is 0 Å². The van der Waals surface area contributed by atoms with E-state index in [9.17, 15) is 4.79 Å². The molecule has 0 bridgehead atoms. The van der Waals surface area contributed by atoms with Crippen LogP contribution in [0, 0.1) is 0 Å². The van der Waals surface area contributed by atoms with E-state index in [2.05, 4.69) is 0 Å². The van der Waals surface area contributed by atoms with E-state index < -0.39 is 0 Å². The van der Waals surface area contributed by atoms with Gasteiger partial charge in [0.25, 0.3) is 0 Å². The van der Waals surface area contributed by atoms with Crippen molar-refractivity contribution in [3.8, 4) is 0 Å². The summed E-state index contributed by atoms with van der Waals surface area (Å²) in [6.45, 7) is 2.15. The molecule has 0 aromatic heterocycles. The van der Waals surface area contributed by atoms with E-state index >= 15 is 0 Å². The van der Waals surface area contributed by atoms with E-state index in [0.717, 1.165) is 16.7 Å². The number of halogens is 1. The van der Waals surface area contributed by atoms with E-state index in [1.165, 1.54) is 6.08 Å². The van der Waals surface area contributed by atoms with Crippen molar-refractivity contribution in [1.82, 2.24) is 0 Å². The van der Waals surface area contributed by atoms with Crippen molar-refractivity contribution in [1.29, 1.82) is 0 Å². The molecule has 0 unspecified atom stereocenters. The van der Waals surface area contributed by atoms with Crippen molar-refractivity contribution in [3.63, 3.8) is 0 Å². The van der Waals surface area contributed by atoms with Crippen molar-refractivity contribution in [3.05, 3.63) is 76.8 Å². The van der Waals surface area contributed by atoms with Gasteiger partial charge in [-0.3, -0.25) is 0 Å². The van der Waals surface area contributed by atoms with E-state index in [1.807, 2.05) is 42.5 Å². The molecule has 0 spiro atoms. The van der Waals surface area contributed by atoms with Crippen molar-refractivity contribution >= 4 is 23.1 Å². The normalized spacial score (nSPS) is 11.2. The average Bonchev–Trinajstić information content (AvgIpc) is 2.47. The zero-order valence-corrected chi connectivity index (χ0v) is 11.9. The highest BCUT2D eigenvalue weighted by Crippen LogP contribution is 2.24. The summed E-state index contributed by atoms with van der Waals surface area (Å²) in [5.41, 5.74) is 2.71. The molecule has 0 saturated heterocycles. The van der Waals surface area contributed by atoms with Crippen LogP contribution in [0.15, 0.2) is 60.7 Å². The maximum absolute atomic E-state index is 11.7. The molecule has 0 aliphatic heterocycles. The van der Waals surface area contributed by atoms with Crippen LogP contribution >= 0.6 is 11.6 Å². The third-order valence-corrected chi connectivity index (χ3v) is 3.04. The quantitative estimate of drug-likeness (QED) is 0.617. The van der Waals surface area contributed by atoms with Crippen LogP contribution in [0.3, 0.4) is 0 Å². The molecule has 0 fully saturated rings. The van der Waals surface area contributed by atoms with Crippen LogP contribution in [0.1, 0.15) is 18.1 Å². The van der Waals surface area contributed by atoms with Gasteiger partial charge in [-0.05, 0) is 35.8 Å². The van der Waals surface area contributed by atoms with Gasteiger partial charge in [-0.15, -0.1) is 0 Å². The zero-order valence-electron chi connectivity index (χ0n) is 11.2. The Morgan fingerprint density at radius 2 is 1.65 bits per heavy atom. The molecule has 0 N–H and O–H groups in total. The summed E-state index contributed by atoms with van der Waals surface area (Å²) >= 11 is 5.91. The van der Waals surface area contributed by atoms with E-state index in [4.69, 9.17) is 16.3 Å². The predicted octanol–water partition coefficient (Wildman–Crippen LogP) is 4.33. The third kappa shape index (κ3) is 3.72. The number of benzene rings is 2. The van der Waals surface area contributed by atoms with Gasteiger partial charge >= 0.3 is 5.97 Å². The lowest BCUT2D eigenvalue weighted by Gasteiger charge is -2.08. The van der Waals surface area contributed by atoms with Gasteiger partial charge < -0.3 is 4.74 Å². The summed E-state index contributed by atoms with van der Waals surface area (Å²) in [4.78, 5) is 11.7.